The summed E-state index contributed by atoms with van der Waals surface area (Å²) in [5.41, 5.74) is 5.84. The molecular weight excluding hydrogens is 460 g/mol. The van der Waals surface area contributed by atoms with Gasteiger partial charge in [-0.25, -0.2) is 5.43 Å². The van der Waals surface area contributed by atoms with E-state index >= 15 is 0 Å². The summed E-state index contributed by atoms with van der Waals surface area (Å²) < 4.78 is 11.3. The Hall–Kier alpha value is -4.66. The van der Waals surface area contributed by atoms with Crippen LogP contribution in [0.4, 0.5) is 11.4 Å². The lowest BCUT2D eigenvalue weighted by Crippen LogP contribution is -2.32. The number of carbonyl (C=O) groups is 3. The Labute approximate surface area is 209 Å². The molecule has 0 fully saturated rings. The van der Waals surface area contributed by atoms with Crippen molar-refractivity contribution < 1.29 is 23.9 Å². The molecule has 3 amide bonds. The number of carbonyl (C=O) groups excluding carboxylic acids is 3. The molecular formula is C27H28N4O5. The minimum Gasteiger partial charge on any atom is -0.490 e. The number of hydrazone groups is 1. The van der Waals surface area contributed by atoms with Crippen LogP contribution in [0.1, 0.15) is 23.6 Å². The topological polar surface area (TPSA) is 118 Å². The first kappa shape index (κ1) is 26.0. The Morgan fingerprint density at radius 2 is 1.44 bits per heavy atom. The highest BCUT2D eigenvalue weighted by molar-refractivity contribution is 6.39. The monoisotopic (exact) mass is 488 g/mol. The summed E-state index contributed by atoms with van der Waals surface area (Å²) in [5, 5.41) is 9.19. The van der Waals surface area contributed by atoms with Crippen LogP contribution >= 0.6 is 0 Å². The molecule has 3 aromatic rings. The predicted molar refractivity (Wildman–Crippen MR) is 138 cm³/mol. The van der Waals surface area contributed by atoms with Gasteiger partial charge in [0.2, 0.25) is 0 Å². The van der Waals surface area contributed by atoms with Crippen LogP contribution in [0.5, 0.6) is 11.5 Å². The van der Waals surface area contributed by atoms with E-state index in [9.17, 15) is 14.4 Å². The molecule has 0 aliphatic heterocycles. The Balaban J connectivity index is 1.57. The van der Waals surface area contributed by atoms with Crippen LogP contribution in [0.2, 0.25) is 0 Å². The average molecular weight is 489 g/mol. The van der Waals surface area contributed by atoms with Gasteiger partial charge in [0.15, 0.2) is 18.1 Å². The van der Waals surface area contributed by atoms with Crippen molar-refractivity contribution in [1.82, 2.24) is 5.43 Å². The molecule has 9 nitrogen and oxygen atoms in total. The third-order valence-electron chi connectivity index (χ3n) is 5.02. The van der Waals surface area contributed by atoms with Gasteiger partial charge in [-0.1, -0.05) is 36.4 Å². The Morgan fingerprint density at radius 1 is 0.806 bits per heavy atom. The van der Waals surface area contributed by atoms with E-state index in [2.05, 4.69) is 21.2 Å². The molecule has 3 N–H and O–H groups in total. The van der Waals surface area contributed by atoms with E-state index < -0.39 is 11.8 Å². The average Bonchev–Trinajstić information content (AvgIpc) is 2.86. The number of benzene rings is 3. The molecule has 0 unspecified atom stereocenters. The predicted octanol–water partition coefficient (Wildman–Crippen LogP) is 3.81. The van der Waals surface area contributed by atoms with E-state index in [-0.39, 0.29) is 12.5 Å². The summed E-state index contributed by atoms with van der Waals surface area (Å²) >= 11 is 0. The van der Waals surface area contributed by atoms with Gasteiger partial charge in [-0.15, -0.1) is 0 Å². The summed E-state index contributed by atoms with van der Waals surface area (Å²) in [5.74, 6) is -1.24. The lowest BCUT2D eigenvalue weighted by molar-refractivity contribution is -0.136. The molecule has 0 heterocycles. The minimum atomic E-state index is -0.904. The lowest BCUT2D eigenvalue weighted by Gasteiger charge is -2.13. The van der Waals surface area contributed by atoms with Crippen LogP contribution in [0, 0.1) is 13.8 Å². The molecule has 0 saturated carbocycles. The number of para-hydroxylation sites is 2. The molecule has 3 rings (SSSR count). The van der Waals surface area contributed by atoms with Gasteiger partial charge in [-0.2, -0.15) is 5.10 Å². The normalized spacial score (nSPS) is 10.5. The number of hydrogen-bond acceptors (Lipinski definition) is 6. The van der Waals surface area contributed by atoms with Crippen molar-refractivity contribution >= 4 is 35.3 Å². The van der Waals surface area contributed by atoms with Crippen molar-refractivity contribution in [3.63, 3.8) is 0 Å². The molecule has 9 heteroatoms. The van der Waals surface area contributed by atoms with E-state index in [1.165, 1.54) is 6.21 Å². The summed E-state index contributed by atoms with van der Waals surface area (Å²) in [6, 6.07) is 19.6. The Bertz CT molecular complexity index is 1270. The van der Waals surface area contributed by atoms with Gasteiger partial charge in [0.1, 0.15) is 0 Å². The molecule has 0 aliphatic carbocycles. The van der Waals surface area contributed by atoms with Crippen LogP contribution in [0.3, 0.4) is 0 Å². The first-order chi connectivity index (χ1) is 17.4. The van der Waals surface area contributed by atoms with E-state index in [4.69, 9.17) is 9.47 Å². The van der Waals surface area contributed by atoms with Crippen molar-refractivity contribution in [1.29, 1.82) is 0 Å². The SMILES string of the molecule is CCOc1cc(/C=N\NC(=O)C(=O)Nc2ccccc2C)ccc1OCC(=O)Nc1ccccc1C. The highest BCUT2D eigenvalue weighted by atomic mass is 16.5. The number of anilines is 2. The second kappa shape index (κ2) is 12.7. The van der Waals surface area contributed by atoms with Crippen LogP contribution in [0.25, 0.3) is 0 Å². The van der Waals surface area contributed by atoms with Gasteiger partial charge in [0, 0.05) is 11.4 Å². The van der Waals surface area contributed by atoms with Crippen LogP contribution in [-0.2, 0) is 14.4 Å². The number of ether oxygens (including phenoxy) is 2. The zero-order valence-corrected chi connectivity index (χ0v) is 20.3. The highest BCUT2D eigenvalue weighted by Gasteiger charge is 2.14. The van der Waals surface area contributed by atoms with Gasteiger partial charge in [0.05, 0.1) is 12.8 Å². The number of amides is 3. The molecule has 0 atom stereocenters. The van der Waals surface area contributed by atoms with Crippen molar-refractivity contribution in [2.24, 2.45) is 5.10 Å². The fourth-order valence-electron chi connectivity index (χ4n) is 3.14. The van der Waals surface area contributed by atoms with Gasteiger partial charge < -0.3 is 20.1 Å². The third kappa shape index (κ3) is 7.42. The van der Waals surface area contributed by atoms with Crippen molar-refractivity contribution in [3.8, 4) is 11.5 Å². The van der Waals surface area contributed by atoms with Gasteiger partial charge in [-0.3, -0.25) is 14.4 Å². The van der Waals surface area contributed by atoms with Crippen LogP contribution < -0.4 is 25.5 Å². The summed E-state index contributed by atoms with van der Waals surface area (Å²) in [6.45, 7) is 5.73. The van der Waals surface area contributed by atoms with Crippen molar-refractivity contribution in [2.45, 2.75) is 20.8 Å². The molecule has 0 radical (unpaired) electrons. The fourth-order valence-corrected chi connectivity index (χ4v) is 3.14. The second-order valence-corrected chi connectivity index (χ2v) is 7.76. The van der Waals surface area contributed by atoms with Crippen LogP contribution in [0.15, 0.2) is 71.8 Å². The molecule has 0 aliphatic rings. The van der Waals surface area contributed by atoms with Crippen molar-refractivity contribution in [2.75, 3.05) is 23.8 Å². The maximum absolute atomic E-state index is 12.3. The zero-order valence-electron chi connectivity index (χ0n) is 20.3. The van der Waals surface area contributed by atoms with Gasteiger partial charge in [0.25, 0.3) is 5.91 Å². The number of nitrogens with zero attached hydrogens (tertiary/aromatic N) is 1. The quantitative estimate of drug-likeness (QED) is 0.241. The molecule has 0 aromatic heterocycles. The summed E-state index contributed by atoms with van der Waals surface area (Å²) in [7, 11) is 0. The van der Waals surface area contributed by atoms with E-state index in [1.54, 1.807) is 30.3 Å². The molecule has 36 heavy (non-hydrogen) atoms. The Morgan fingerprint density at radius 3 is 2.08 bits per heavy atom. The van der Waals surface area contributed by atoms with E-state index in [0.29, 0.717) is 29.4 Å². The highest BCUT2D eigenvalue weighted by Crippen LogP contribution is 2.28. The molecule has 186 valence electrons. The number of hydrogen-bond donors (Lipinski definition) is 3. The minimum absolute atomic E-state index is 0.200. The smallest absolute Gasteiger partial charge is 0.329 e. The number of rotatable bonds is 9. The van der Waals surface area contributed by atoms with E-state index in [1.807, 2.05) is 57.2 Å². The Kier molecular flexibility index (Phi) is 9.16. The lowest BCUT2D eigenvalue weighted by atomic mass is 10.2. The molecule has 3 aromatic carbocycles. The van der Waals surface area contributed by atoms with Gasteiger partial charge >= 0.3 is 11.8 Å². The second-order valence-electron chi connectivity index (χ2n) is 7.76. The first-order valence-corrected chi connectivity index (χ1v) is 11.3. The molecule has 0 saturated heterocycles. The number of aryl methyl sites for hydroxylation is 2. The zero-order chi connectivity index (χ0) is 25.9. The number of nitrogens with one attached hydrogen (secondary N) is 3. The van der Waals surface area contributed by atoms with E-state index in [0.717, 1.165) is 16.8 Å². The van der Waals surface area contributed by atoms with Crippen LogP contribution in [-0.4, -0.2) is 37.1 Å². The third-order valence-corrected chi connectivity index (χ3v) is 5.02. The van der Waals surface area contributed by atoms with Crippen molar-refractivity contribution in [3.05, 3.63) is 83.4 Å². The summed E-state index contributed by atoms with van der Waals surface area (Å²) in [4.78, 5) is 36.4. The summed E-state index contributed by atoms with van der Waals surface area (Å²) in [6.07, 6.45) is 1.37. The first-order valence-electron chi connectivity index (χ1n) is 11.3. The maximum Gasteiger partial charge on any atom is 0.329 e. The molecule has 0 bridgehead atoms. The fraction of sp³-hybridized carbons (Fsp3) is 0.185. The molecule has 0 spiro atoms. The maximum atomic E-state index is 12.3. The van der Waals surface area contributed by atoms with Gasteiger partial charge in [-0.05, 0) is 67.8 Å². The standard InChI is InChI=1S/C27H28N4O5/c1-4-35-24-15-20(16-28-31-27(34)26(33)30-22-12-8-6-10-19(22)3)13-14-23(24)36-17-25(32)29-21-11-7-5-9-18(21)2/h5-16H,4,17H2,1-3H3,(H,29,32)(H,30,33)(H,31,34)/b28-16-. The largest absolute Gasteiger partial charge is 0.490 e.